The van der Waals surface area contributed by atoms with E-state index in [2.05, 4.69) is 12.2 Å². The van der Waals surface area contributed by atoms with Crippen LogP contribution in [-0.4, -0.2) is 24.9 Å². The second kappa shape index (κ2) is 2.12. The predicted octanol–water partition coefficient (Wildman–Crippen LogP) is 0.385. The molecule has 1 unspecified atom stereocenters. The normalized spacial score (nSPS) is 30.4. The molecule has 1 saturated heterocycles. The van der Waals surface area contributed by atoms with Gasteiger partial charge in [-0.05, 0) is 0 Å². The minimum atomic E-state index is 0.620. The Balaban J connectivity index is 2.40. The van der Waals surface area contributed by atoms with Crippen LogP contribution in [0.2, 0.25) is 5.32 Å². The second-order valence-electron chi connectivity index (χ2n) is 1.64. The molecule has 0 aromatic carbocycles. The molecule has 0 spiro atoms. The Labute approximate surface area is 55.0 Å². The first-order valence-electron chi connectivity index (χ1n) is 2.22. The van der Waals surface area contributed by atoms with Crippen LogP contribution in [0.3, 0.4) is 0 Å². The van der Waals surface area contributed by atoms with E-state index in [1.54, 1.807) is 0 Å². The number of hydrogen-bond acceptors (Lipinski definition) is 1. The quantitative estimate of drug-likeness (QED) is 0.427. The van der Waals surface area contributed by atoms with Crippen molar-refractivity contribution in [2.75, 3.05) is 0 Å². The van der Waals surface area contributed by atoms with Crippen molar-refractivity contribution >= 4 is 31.1 Å². The van der Waals surface area contributed by atoms with Crippen LogP contribution in [0.1, 0.15) is 6.92 Å². The van der Waals surface area contributed by atoms with Gasteiger partial charge in [0.2, 0.25) is 0 Å². The van der Waals surface area contributed by atoms with E-state index in [0.717, 1.165) is 3.89 Å². The van der Waals surface area contributed by atoms with Crippen LogP contribution in [0.25, 0.3) is 0 Å². The van der Waals surface area contributed by atoms with E-state index in [9.17, 15) is 0 Å². The van der Waals surface area contributed by atoms with Gasteiger partial charge in [-0.15, -0.1) is 0 Å². The van der Waals surface area contributed by atoms with Gasteiger partial charge < -0.3 is 0 Å². The maximum atomic E-state index is 4.91. The molecule has 1 heterocycles. The molecule has 3 heteroatoms. The molecule has 1 fully saturated rings. The summed E-state index contributed by atoms with van der Waals surface area (Å²) >= 11 is 5.53. The summed E-state index contributed by atoms with van der Waals surface area (Å²) in [5.74, 6) is 0. The maximum absolute atomic E-state index is 4.91. The van der Waals surface area contributed by atoms with Crippen LogP contribution in [0.15, 0.2) is 0 Å². The molecule has 0 radical (unpaired) electrons. The molecule has 40 valence electrons. The van der Waals surface area contributed by atoms with Gasteiger partial charge in [0, 0.05) is 0 Å². The minimum absolute atomic E-state index is 0.620. The van der Waals surface area contributed by atoms with E-state index >= 15 is 0 Å². The zero-order valence-corrected chi connectivity index (χ0v) is 6.63. The van der Waals surface area contributed by atoms with Crippen molar-refractivity contribution in [1.82, 2.24) is 5.32 Å². The molecule has 0 aliphatic carbocycles. The van der Waals surface area contributed by atoms with Crippen molar-refractivity contribution in [3.8, 4) is 0 Å². The first-order valence-corrected chi connectivity index (χ1v) is 4.70. The van der Waals surface area contributed by atoms with E-state index in [-0.39, 0.29) is 0 Å². The summed E-state index contributed by atoms with van der Waals surface area (Å²) in [6.45, 7) is 2.17. The van der Waals surface area contributed by atoms with Gasteiger partial charge >= 0.3 is 54.7 Å². The van der Waals surface area contributed by atoms with Crippen molar-refractivity contribution in [3.05, 3.63) is 0 Å². The molecular weight excluding hydrogens is 173 g/mol. The van der Waals surface area contributed by atoms with E-state index < -0.39 is 0 Å². The summed E-state index contributed by atoms with van der Waals surface area (Å²) < 4.78 is 1.10. The molecule has 1 N–H and O–H groups in total. The molecule has 1 aliphatic rings. The van der Waals surface area contributed by atoms with Gasteiger partial charge in [-0.1, -0.05) is 0 Å². The van der Waals surface area contributed by atoms with E-state index in [4.69, 9.17) is 12.2 Å². The monoisotopic (exact) mass is 181 g/mol. The van der Waals surface area contributed by atoms with Crippen LogP contribution < -0.4 is 5.32 Å². The number of hydrogen-bond donors (Lipinski definition) is 1. The molecule has 1 rings (SSSR count). The van der Waals surface area contributed by atoms with Crippen molar-refractivity contribution < 1.29 is 0 Å². The van der Waals surface area contributed by atoms with Crippen LogP contribution in [0, 0.1) is 0 Å². The number of thiocarbonyl (C=S) groups is 1. The van der Waals surface area contributed by atoms with Crippen LogP contribution in [0.4, 0.5) is 0 Å². The zero-order chi connectivity index (χ0) is 5.28. The Morgan fingerprint density at radius 1 is 2.00 bits per heavy atom. The van der Waals surface area contributed by atoms with Crippen molar-refractivity contribution in [2.24, 2.45) is 0 Å². The molecular formula is C4H7NSSe. The first-order chi connectivity index (χ1) is 3.29. The van der Waals surface area contributed by atoms with E-state index in [0.29, 0.717) is 21.0 Å². The Hall–Kier alpha value is 0.409. The Kier molecular flexibility index (Phi) is 1.68. The molecule has 0 aromatic heterocycles. The van der Waals surface area contributed by atoms with Crippen molar-refractivity contribution in [3.63, 3.8) is 0 Å². The van der Waals surface area contributed by atoms with Crippen molar-refractivity contribution in [2.45, 2.75) is 18.3 Å². The summed E-state index contributed by atoms with van der Waals surface area (Å²) in [6.07, 6.45) is 0. The number of nitrogens with one attached hydrogen (secondary N) is 1. The number of rotatable bonds is 0. The zero-order valence-electron chi connectivity index (χ0n) is 4.10. The van der Waals surface area contributed by atoms with Crippen LogP contribution >= 0.6 is 12.2 Å². The summed E-state index contributed by atoms with van der Waals surface area (Å²) in [7, 11) is 0. The van der Waals surface area contributed by atoms with Gasteiger partial charge in [0.25, 0.3) is 0 Å². The van der Waals surface area contributed by atoms with Gasteiger partial charge in [0.15, 0.2) is 0 Å². The SMILES string of the molecule is CC1C[Se]C(=S)N1. The van der Waals surface area contributed by atoms with Gasteiger partial charge in [-0.2, -0.15) is 0 Å². The fraction of sp³-hybridized carbons (Fsp3) is 0.750. The molecule has 0 saturated carbocycles. The molecule has 1 atom stereocenters. The topological polar surface area (TPSA) is 12.0 Å². The third-order valence-electron chi connectivity index (χ3n) is 0.829. The Bertz CT molecular complexity index is 93.7. The van der Waals surface area contributed by atoms with Crippen LogP contribution in [0.5, 0.6) is 0 Å². The third kappa shape index (κ3) is 1.41. The molecule has 0 aromatic rings. The standard InChI is InChI=1S/C4H7NSSe/c1-3-2-7-4(6)5-3/h3H,2H2,1H3,(H,5,6). The van der Waals surface area contributed by atoms with E-state index in [1.165, 1.54) is 5.32 Å². The van der Waals surface area contributed by atoms with Gasteiger partial charge in [0.1, 0.15) is 0 Å². The average molecular weight is 180 g/mol. The van der Waals surface area contributed by atoms with Gasteiger partial charge in [-0.25, -0.2) is 0 Å². The third-order valence-corrected chi connectivity index (χ3v) is 3.75. The van der Waals surface area contributed by atoms with Crippen molar-refractivity contribution in [1.29, 1.82) is 0 Å². The Morgan fingerprint density at radius 2 is 2.71 bits per heavy atom. The van der Waals surface area contributed by atoms with Crippen LogP contribution in [-0.2, 0) is 0 Å². The Morgan fingerprint density at radius 3 is 2.86 bits per heavy atom. The summed E-state index contributed by atoms with van der Waals surface area (Å²) in [4.78, 5) is 0. The summed E-state index contributed by atoms with van der Waals surface area (Å²) in [5.41, 5.74) is 0. The molecule has 1 nitrogen and oxygen atoms in total. The average Bonchev–Trinajstić information content (AvgIpc) is 1.87. The molecule has 1 aliphatic heterocycles. The van der Waals surface area contributed by atoms with Gasteiger partial charge in [0.05, 0.1) is 0 Å². The fourth-order valence-electron chi connectivity index (χ4n) is 0.485. The predicted molar refractivity (Wildman–Crippen MR) is 35.8 cm³/mol. The van der Waals surface area contributed by atoms with E-state index in [1.807, 2.05) is 0 Å². The second-order valence-corrected chi connectivity index (χ2v) is 4.80. The molecule has 0 amide bonds. The fourth-order valence-corrected chi connectivity index (χ4v) is 2.65. The molecule has 7 heavy (non-hydrogen) atoms. The van der Waals surface area contributed by atoms with Gasteiger partial charge in [-0.3, -0.25) is 0 Å². The summed E-state index contributed by atoms with van der Waals surface area (Å²) in [5, 5.41) is 4.46. The summed E-state index contributed by atoms with van der Waals surface area (Å²) in [6, 6.07) is 0.660. The first kappa shape index (κ1) is 5.54. The molecule has 0 bridgehead atoms.